The standard InChI is InChI=1S/C24H25FN2O5/c25-15-21(28)19(14-22(29)30)26-23(31)20-11-4-5-12-27(20)24(32)18-10-6-9-17(13-18)16-7-2-1-3-8-16/h1-3,6-10,13,19-20H,4-5,11-12,14-15H2,(H,26,31)(H,29,30)/t19-,20-/m0/s1. The van der Waals surface area contributed by atoms with E-state index in [4.69, 9.17) is 5.11 Å². The molecule has 168 valence electrons. The molecule has 32 heavy (non-hydrogen) atoms. The Morgan fingerprint density at radius 1 is 1.03 bits per heavy atom. The minimum Gasteiger partial charge on any atom is -0.481 e. The molecule has 7 nitrogen and oxygen atoms in total. The molecule has 0 aliphatic carbocycles. The molecule has 0 aromatic heterocycles. The molecule has 0 radical (unpaired) electrons. The van der Waals surface area contributed by atoms with Crippen LogP contribution in [0.1, 0.15) is 36.0 Å². The monoisotopic (exact) mass is 440 g/mol. The van der Waals surface area contributed by atoms with E-state index in [1.165, 1.54) is 4.90 Å². The average Bonchev–Trinajstić information content (AvgIpc) is 2.83. The number of likely N-dealkylation sites (tertiary alicyclic amines) is 1. The van der Waals surface area contributed by atoms with E-state index in [0.717, 1.165) is 17.5 Å². The molecule has 2 N–H and O–H groups in total. The maximum atomic E-state index is 13.3. The molecule has 2 aromatic rings. The number of halogens is 1. The number of nitrogens with zero attached hydrogens (tertiary/aromatic N) is 1. The lowest BCUT2D eigenvalue weighted by Crippen LogP contribution is -2.55. The molecule has 2 amide bonds. The Bertz CT molecular complexity index is 995. The fourth-order valence-corrected chi connectivity index (χ4v) is 3.86. The van der Waals surface area contributed by atoms with E-state index in [-0.39, 0.29) is 5.91 Å². The van der Waals surface area contributed by atoms with Crippen LogP contribution in [0.3, 0.4) is 0 Å². The molecule has 0 bridgehead atoms. The minimum atomic E-state index is -1.47. The minimum absolute atomic E-state index is 0.325. The van der Waals surface area contributed by atoms with Crippen LogP contribution in [0.5, 0.6) is 0 Å². The summed E-state index contributed by atoms with van der Waals surface area (Å²) in [6.45, 7) is -1.02. The van der Waals surface area contributed by atoms with E-state index in [9.17, 15) is 23.6 Å². The van der Waals surface area contributed by atoms with Gasteiger partial charge in [0.05, 0.1) is 6.42 Å². The van der Waals surface area contributed by atoms with Crippen LogP contribution in [0.15, 0.2) is 54.6 Å². The molecule has 1 saturated heterocycles. The molecule has 1 aliphatic heterocycles. The SMILES string of the molecule is O=C(O)C[C@H](NC(=O)[C@@H]1CCCCN1C(=O)c1cccc(-c2ccccc2)c1)C(=O)CF. The number of rotatable bonds is 8. The highest BCUT2D eigenvalue weighted by molar-refractivity contribution is 6.00. The maximum absolute atomic E-state index is 13.3. The van der Waals surface area contributed by atoms with Gasteiger partial charge in [0.2, 0.25) is 5.91 Å². The lowest BCUT2D eigenvalue weighted by Gasteiger charge is -2.35. The first-order chi connectivity index (χ1) is 15.4. The van der Waals surface area contributed by atoms with E-state index in [0.29, 0.717) is 24.9 Å². The zero-order valence-electron chi connectivity index (χ0n) is 17.5. The quantitative estimate of drug-likeness (QED) is 0.657. The topological polar surface area (TPSA) is 104 Å². The van der Waals surface area contributed by atoms with Gasteiger partial charge in [-0.05, 0) is 42.5 Å². The van der Waals surface area contributed by atoms with Crippen molar-refractivity contribution in [2.24, 2.45) is 0 Å². The Labute approximate surface area is 185 Å². The first kappa shape index (κ1) is 23.1. The second-order valence-electron chi connectivity index (χ2n) is 7.72. The number of aliphatic carboxylic acids is 1. The summed E-state index contributed by atoms with van der Waals surface area (Å²) in [5.41, 5.74) is 2.24. The summed E-state index contributed by atoms with van der Waals surface area (Å²) in [5.74, 6) is -3.31. The predicted molar refractivity (Wildman–Crippen MR) is 116 cm³/mol. The number of carboxylic acids is 1. The summed E-state index contributed by atoms with van der Waals surface area (Å²) in [7, 11) is 0. The van der Waals surface area contributed by atoms with Crippen molar-refractivity contribution in [1.29, 1.82) is 0 Å². The highest BCUT2D eigenvalue weighted by atomic mass is 19.1. The average molecular weight is 440 g/mol. The van der Waals surface area contributed by atoms with E-state index in [1.54, 1.807) is 18.2 Å². The van der Waals surface area contributed by atoms with Crippen molar-refractivity contribution in [2.45, 2.75) is 37.8 Å². The van der Waals surface area contributed by atoms with Crippen molar-refractivity contribution in [3.05, 3.63) is 60.2 Å². The van der Waals surface area contributed by atoms with Gasteiger partial charge in [0.1, 0.15) is 18.8 Å². The zero-order valence-corrected chi connectivity index (χ0v) is 17.5. The Morgan fingerprint density at radius 3 is 2.44 bits per heavy atom. The molecular formula is C24H25FN2O5. The summed E-state index contributed by atoms with van der Waals surface area (Å²) >= 11 is 0. The number of Topliss-reactive ketones (excluding diaryl/α,β-unsaturated/α-hetero) is 1. The molecule has 1 aliphatic rings. The zero-order chi connectivity index (χ0) is 23.1. The summed E-state index contributed by atoms with van der Waals surface area (Å²) in [5, 5.41) is 11.3. The third kappa shape index (κ3) is 5.57. The fourth-order valence-electron chi connectivity index (χ4n) is 3.86. The van der Waals surface area contributed by atoms with Crippen LogP contribution in [-0.4, -0.2) is 58.9 Å². The van der Waals surface area contributed by atoms with E-state index >= 15 is 0 Å². The van der Waals surface area contributed by atoms with E-state index in [2.05, 4.69) is 5.32 Å². The Balaban J connectivity index is 1.80. The first-order valence-electron chi connectivity index (χ1n) is 10.5. The number of ketones is 1. The number of piperidine rings is 1. The summed E-state index contributed by atoms with van der Waals surface area (Å²) in [4.78, 5) is 50.3. The van der Waals surface area contributed by atoms with E-state index in [1.807, 2.05) is 36.4 Å². The van der Waals surface area contributed by atoms with Gasteiger partial charge in [-0.3, -0.25) is 19.2 Å². The third-order valence-electron chi connectivity index (χ3n) is 5.50. The summed E-state index contributed by atoms with van der Waals surface area (Å²) < 4.78 is 12.8. The smallest absolute Gasteiger partial charge is 0.305 e. The van der Waals surface area contributed by atoms with Gasteiger partial charge in [-0.1, -0.05) is 42.5 Å². The van der Waals surface area contributed by atoms with Crippen LogP contribution in [0.4, 0.5) is 4.39 Å². The van der Waals surface area contributed by atoms with Crippen molar-refractivity contribution in [3.8, 4) is 11.1 Å². The second-order valence-corrected chi connectivity index (χ2v) is 7.72. The molecule has 8 heteroatoms. The first-order valence-corrected chi connectivity index (χ1v) is 10.5. The van der Waals surface area contributed by atoms with Crippen LogP contribution in [0.2, 0.25) is 0 Å². The molecule has 2 aromatic carbocycles. The van der Waals surface area contributed by atoms with Crippen molar-refractivity contribution in [1.82, 2.24) is 10.2 Å². The molecule has 2 atom stereocenters. The molecule has 3 rings (SSSR count). The summed E-state index contributed by atoms with van der Waals surface area (Å²) in [6.07, 6.45) is 1.08. The van der Waals surface area contributed by atoms with Crippen molar-refractivity contribution in [3.63, 3.8) is 0 Å². The van der Waals surface area contributed by atoms with Gasteiger partial charge in [0.15, 0.2) is 5.78 Å². The number of benzene rings is 2. The van der Waals surface area contributed by atoms with Gasteiger partial charge in [-0.15, -0.1) is 0 Å². The Morgan fingerprint density at radius 2 is 1.75 bits per heavy atom. The normalized spacial score (nSPS) is 16.8. The van der Waals surface area contributed by atoms with Crippen LogP contribution in [-0.2, 0) is 14.4 Å². The molecule has 1 heterocycles. The molecule has 0 unspecified atom stereocenters. The number of nitrogens with one attached hydrogen (secondary N) is 1. The highest BCUT2D eigenvalue weighted by Gasteiger charge is 2.35. The number of amides is 2. The van der Waals surface area contributed by atoms with Crippen LogP contribution < -0.4 is 5.32 Å². The maximum Gasteiger partial charge on any atom is 0.305 e. The number of carbonyl (C=O) groups excluding carboxylic acids is 3. The van der Waals surface area contributed by atoms with E-state index < -0.39 is 42.8 Å². The van der Waals surface area contributed by atoms with Crippen LogP contribution in [0, 0.1) is 0 Å². The molecule has 0 spiro atoms. The second kappa shape index (κ2) is 10.7. The van der Waals surface area contributed by atoms with Gasteiger partial charge in [-0.2, -0.15) is 0 Å². The van der Waals surface area contributed by atoms with Gasteiger partial charge in [0.25, 0.3) is 5.91 Å². The number of carboxylic acid groups (broad SMARTS) is 1. The lowest BCUT2D eigenvalue weighted by molar-refractivity contribution is -0.140. The third-order valence-corrected chi connectivity index (χ3v) is 5.50. The number of hydrogen-bond acceptors (Lipinski definition) is 4. The van der Waals surface area contributed by atoms with Crippen LogP contribution >= 0.6 is 0 Å². The molecule has 1 fully saturated rings. The number of alkyl halides is 1. The molecular weight excluding hydrogens is 415 g/mol. The molecule has 0 saturated carbocycles. The van der Waals surface area contributed by atoms with Gasteiger partial charge < -0.3 is 15.3 Å². The Kier molecular flexibility index (Phi) is 7.70. The fraction of sp³-hybridized carbons (Fsp3) is 0.333. The van der Waals surface area contributed by atoms with Gasteiger partial charge >= 0.3 is 5.97 Å². The summed E-state index contributed by atoms with van der Waals surface area (Å²) in [6, 6.07) is 14.4. The van der Waals surface area contributed by atoms with Crippen molar-refractivity contribution >= 4 is 23.6 Å². The highest BCUT2D eigenvalue weighted by Crippen LogP contribution is 2.24. The van der Waals surface area contributed by atoms with Gasteiger partial charge in [-0.25, -0.2) is 4.39 Å². The van der Waals surface area contributed by atoms with Gasteiger partial charge in [0, 0.05) is 12.1 Å². The van der Waals surface area contributed by atoms with Crippen molar-refractivity contribution in [2.75, 3.05) is 13.2 Å². The van der Waals surface area contributed by atoms with Crippen LogP contribution in [0.25, 0.3) is 11.1 Å². The number of hydrogen-bond donors (Lipinski definition) is 2. The Hall–Kier alpha value is -3.55. The van der Waals surface area contributed by atoms with Crippen molar-refractivity contribution < 1.29 is 28.7 Å². The largest absolute Gasteiger partial charge is 0.481 e. The predicted octanol–water partition coefficient (Wildman–Crippen LogP) is 2.85. The lowest BCUT2D eigenvalue weighted by atomic mass is 9.98. The number of carbonyl (C=O) groups is 4.